The van der Waals surface area contributed by atoms with Crippen molar-refractivity contribution in [2.24, 2.45) is 5.73 Å². The molecular weight excluding hydrogens is 330 g/mol. The summed E-state index contributed by atoms with van der Waals surface area (Å²) in [6.07, 6.45) is 1.04. The van der Waals surface area contributed by atoms with Crippen LogP contribution in [-0.2, 0) is 16.1 Å². The maximum atomic E-state index is 11.9. The van der Waals surface area contributed by atoms with Gasteiger partial charge in [-0.3, -0.25) is 9.59 Å². The number of nitrogens with two attached hydrogens (primary N) is 1. The molecule has 2 amide bonds. The molecule has 0 aliphatic heterocycles. The normalized spacial score (nSPS) is 14.6. The zero-order valence-corrected chi connectivity index (χ0v) is 14.7. The Balaban J connectivity index is 1.70. The lowest BCUT2D eigenvalue weighted by molar-refractivity contribution is -0.129. The van der Waals surface area contributed by atoms with Crippen molar-refractivity contribution < 1.29 is 14.7 Å². The van der Waals surface area contributed by atoms with E-state index in [1.54, 1.807) is 11.9 Å². The second kappa shape index (κ2) is 7.27. The Bertz CT molecular complexity index is 813. The standard InChI is InChI=1S/C20H23N3O3/c1-23(18(24)12-21)13-14-3-2-4-16(11-14)15-5-7-17(8-6-15)22-19(25)20(26)9-10-20/h2-8,11,26H,9-10,12-13,21H2,1H3,(H,22,25). The van der Waals surface area contributed by atoms with Crippen LogP contribution in [0.4, 0.5) is 5.69 Å². The number of rotatable bonds is 6. The third-order valence-electron chi connectivity index (χ3n) is 4.57. The number of likely N-dealkylation sites (N-methyl/N-ethyl adjacent to an activating group) is 1. The van der Waals surface area contributed by atoms with Gasteiger partial charge in [0.2, 0.25) is 5.91 Å². The number of amides is 2. The second-order valence-corrected chi connectivity index (χ2v) is 6.72. The van der Waals surface area contributed by atoms with Crippen LogP contribution in [0.15, 0.2) is 48.5 Å². The zero-order chi connectivity index (χ0) is 18.7. The highest BCUT2D eigenvalue weighted by Crippen LogP contribution is 2.36. The SMILES string of the molecule is CN(Cc1cccc(-c2ccc(NC(=O)C3(O)CC3)cc2)c1)C(=O)CN. The van der Waals surface area contributed by atoms with Crippen molar-refractivity contribution in [3.05, 3.63) is 54.1 Å². The summed E-state index contributed by atoms with van der Waals surface area (Å²) in [7, 11) is 1.73. The summed E-state index contributed by atoms with van der Waals surface area (Å²) in [5.41, 5.74) is 7.91. The van der Waals surface area contributed by atoms with E-state index >= 15 is 0 Å². The van der Waals surface area contributed by atoms with Gasteiger partial charge in [-0.2, -0.15) is 0 Å². The molecule has 0 spiro atoms. The molecule has 1 aliphatic carbocycles. The van der Waals surface area contributed by atoms with E-state index in [0.717, 1.165) is 16.7 Å². The molecule has 1 saturated carbocycles. The first-order valence-corrected chi connectivity index (χ1v) is 8.58. The monoisotopic (exact) mass is 353 g/mol. The Hall–Kier alpha value is -2.70. The predicted molar refractivity (Wildman–Crippen MR) is 100 cm³/mol. The molecule has 0 unspecified atom stereocenters. The highest BCUT2D eigenvalue weighted by molar-refractivity contribution is 5.99. The van der Waals surface area contributed by atoms with Crippen molar-refractivity contribution in [1.29, 1.82) is 0 Å². The van der Waals surface area contributed by atoms with Gasteiger partial charge >= 0.3 is 0 Å². The molecular formula is C20H23N3O3. The Morgan fingerprint density at radius 3 is 2.46 bits per heavy atom. The highest BCUT2D eigenvalue weighted by atomic mass is 16.3. The van der Waals surface area contributed by atoms with Crippen LogP contribution in [0.1, 0.15) is 18.4 Å². The molecule has 1 fully saturated rings. The van der Waals surface area contributed by atoms with E-state index in [1.165, 1.54) is 0 Å². The first-order chi connectivity index (χ1) is 12.4. The third kappa shape index (κ3) is 4.09. The Morgan fingerprint density at radius 1 is 1.15 bits per heavy atom. The van der Waals surface area contributed by atoms with Gasteiger partial charge in [0.15, 0.2) is 0 Å². The first-order valence-electron chi connectivity index (χ1n) is 8.58. The summed E-state index contributed by atoms with van der Waals surface area (Å²) in [6.45, 7) is 0.495. The maximum absolute atomic E-state index is 11.9. The van der Waals surface area contributed by atoms with Crippen LogP contribution in [0.2, 0.25) is 0 Å². The average molecular weight is 353 g/mol. The van der Waals surface area contributed by atoms with E-state index in [4.69, 9.17) is 5.73 Å². The molecule has 3 rings (SSSR count). The lowest BCUT2D eigenvalue weighted by atomic mass is 10.0. The van der Waals surface area contributed by atoms with E-state index in [-0.39, 0.29) is 18.4 Å². The average Bonchev–Trinajstić information content (AvgIpc) is 3.40. The van der Waals surface area contributed by atoms with Gasteiger partial charge in [0, 0.05) is 19.3 Å². The maximum Gasteiger partial charge on any atom is 0.256 e. The molecule has 2 aromatic carbocycles. The summed E-state index contributed by atoms with van der Waals surface area (Å²) < 4.78 is 0. The van der Waals surface area contributed by atoms with Crippen molar-refractivity contribution in [3.63, 3.8) is 0 Å². The van der Waals surface area contributed by atoms with Crippen molar-refractivity contribution in [3.8, 4) is 11.1 Å². The van der Waals surface area contributed by atoms with E-state index in [2.05, 4.69) is 5.32 Å². The first kappa shape index (κ1) is 18.1. The van der Waals surface area contributed by atoms with Gasteiger partial charge in [0.25, 0.3) is 5.91 Å². The van der Waals surface area contributed by atoms with Gasteiger partial charge in [-0.15, -0.1) is 0 Å². The molecule has 4 N–H and O–H groups in total. The minimum Gasteiger partial charge on any atom is -0.380 e. The summed E-state index contributed by atoms with van der Waals surface area (Å²) in [4.78, 5) is 25.1. The molecule has 6 heteroatoms. The molecule has 26 heavy (non-hydrogen) atoms. The minimum atomic E-state index is -1.18. The topological polar surface area (TPSA) is 95.7 Å². The zero-order valence-electron chi connectivity index (χ0n) is 14.7. The summed E-state index contributed by atoms with van der Waals surface area (Å²) in [6, 6.07) is 15.4. The number of aliphatic hydroxyl groups is 1. The van der Waals surface area contributed by atoms with Crippen molar-refractivity contribution in [2.75, 3.05) is 18.9 Å². The third-order valence-corrected chi connectivity index (χ3v) is 4.57. The largest absolute Gasteiger partial charge is 0.380 e. The quantitative estimate of drug-likeness (QED) is 0.737. The van der Waals surface area contributed by atoms with Gasteiger partial charge < -0.3 is 21.1 Å². The number of nitrogens with zero attached hydrogens (tertiary/aromatic N) is 1. The van der Waals surface area contributed by atoms with Crippen LogP contribution in [0.5, 0.6) is 0 Å². The Kier molecular flexibility index (Phi) is 5.06. The molecule has 0 heterocycles. The van der Waals surface area contributed by atoms with Crippen LogP contribution < -0.4 is 11.1 Å². The molecule has 0 bridgehead atoms. The van der Waals surface area contributed by atoms with E-state index < -0.39 is 5.60 Å². The summed E-state index contributed by atoms with van der Waals surface area (Å²) in [5.74, 6) is -0.451. The van der Waals surface area contributed by atoms with Gasteiger partial charge in [-0.25, -0.2) is 0 Å². The van der Waals surface area contributed by atoms with E-state index in [9.17, 15) is 14.7 Å². The molecule has 136 valence electrons. The summed E-state index contributed by atoms with van der Waals surface area (Å²) in [5, 5.41) is 12.5. The Morgan fingerprint density at radius 2 is 1.85 bits per heavy atom. The van der Waals surface area contributed by atoms with E-state index in [0.29, 0.717) is 25.1 Å². The molecule has 6 nitrogen and oxygen atoms in total. The highest BCUT2D eigenvalue weighted by Gasteiger charge is 2.48. The van der Waals surface area contributed by atoms with Crippen LogP contribution in [-0.4, -0.2) is 41.0 Å². The smallest absolute Gasteiger partial charge is 0.256 e. The van der Waals surface area contributed by atoms with Crippen LogP contribution in [0.3, 0.4) is 0 Å². The lowest BCUT2D eigenvalue weighted by Gasteiger charge is -2.16. The van der Waals surface area contributed by atoms with Crippen LogP contribution in [0.25, 0.3) is 11.1 Å². The molecule has 0 atom stereocenters. The second-order valence-electron chi connectivity index (χ2n) is 6.72. The molecule has 0 saturated heterocycles. The van der Waals surface area contributed by atoms with Gasteiger partial charge in [0.1, 0.15) is 5.60 Å². The minimum absolute atomic E-state index is 0.00149. The van der Waals surface area contributed by atoms with Gasteiger partial charge in [-0.05, 0) is 47.7 Å². The molecule has 1 aliphatic rings. The predicted octanol–water partition coefficient (Wildman–Crippen LogP) is 1.73. The van der Waals surface area contributed by atoms with Crippen molar-refractivity contribution >= 4 is 17.5 Å². The van der Waals surface area contributed by atoms with Crippen molar-refractivity contribution in [2.45, 2.75) is 25.0 Å². The molecule has 2 aromatic rings. The number of hydrogen-bond acceptors (Lipinski definition) is 4. The number of carbonyl (C=O) groups excluding carboxylic acids is 2. The number of hydrogen-bond donors (Lipinski definition) is 3. The van der Waals surface area contributed by atoms with Crippen LogP contribution >= 0.6 is 0 Å². The number of benzene rings is 2. The van der Waals surface area contributed by atoms with Gasteiger partial charge in [0.05, 0.1) is 6.54 Å². The van der Waals surface area contributed by atoms with Gasteiger partial charge in [-0.1, -0.05) is 30.3 Å². The fraction of sp³-hybridized carbons (Fsp3) is 0.300. The lowest BCUT2D eigenvalue weighted by Crippen LogP contribution is -2.32. The fourth-order valence-corrected chi connectivity index (χ4v) is 2.71. The van der Waals surface area contributed by atoms with Crippen LogP contribution in [0, 0.1) is 0 Å². The Labute approximate surface area is 152 Å². The molecule has 0 aromatic heterocycles. The van der Waals surface area contributed by atoms with E-state index in [1.807, 2.05) is 48.5 Å². The summed E-state index contributed by atoms with van der Waals surface area (Å²) >= 11 is 0. The fourth-order valence-electron chi connectivity index (χ4n) is 2.71. The number of anilines is 1. The number of carbonyl (C=O) groups is 2. The van der Waals surface area contributed by atoms with Crippen molar-refractivity contribution in [1.82, 2.24) is 4.90 Å². The number of nitrogens with one attached hydrogen (secondary N) is 1. The molecule has 0 radical (unpaired) electrons.